The quantitative estimate of drug-likeness (QED) is 0.535. The van der Waals surface area contributed by atoms with Crippen LogP contribution < -0.4 is 10.6 Å². The number of hydrogen-bond donors (Lipinski definition) is 3. The zero-order valence-electron chi connectivity index (χ0n) is 19.5. The molecule has 0 saturated heterocycles. The van der Waals surface area contributed by atoms with Gasteiger partial charge in [-0.2, -0.15) is 0 Å². The zero-order chi connectivity index (χ0) is 24.1. The summed E-state index contributed by atoms with van der Waals surface area (Å²) in [6, 6.07) is 14.9. The lowest BCUT2D eigenvalue weighted by Gasteiger charge is -2.29. The van der Waals surface area contributed by atoms with Crippen LogP contribution in [0, 0.1) is 5.92 Å². The molecule has 0 aliphatic heterocycles. The Balaban J connectivity index is 1.36. The van der Waals surface area contributed by atoms with Gasteiger partial charge in [-0.25, -0.2) is 4.79 Å². The van der Waals surface area contributed by atoms with E-state index in [1.54, 1.807) is 0 Å². The number of aliphatic carboxylic acids is 1. The van der Waals surface area contributed by atoms with Crippen LogP contribution in [0.2, 0.25) is 0 Å². The first kappa shape index (κ1) is 23.8. The van der Waals surface area contributed by atoms with Crippen molar-refractivity contribution in [2.24, 2.45) is 5.92 Å². The normalized spacial score (nSPS) is 20.0. The summed E-state index contributed by atoms with van der Waals surface area (Å²) in [6.07, 6.45) is 3.67. The lowest BCUT2D eigenvalue weighted by Crippen LogP contribution is -2.51. The molecule has 2 aromatic carbocycles. The fourth-order valence-electron chi connectivity index (χ4n) is 5.18. The van der Waals surface area contributed by atoms with E-state index in [0.29, 0.717) is 5.92 Å². The Hall–Kier alpha value is -3.35. The van der Waals surface area contributed by atoms with E-state index in [0.717, 1.165) is 54.4 Å². The second kappa shape index (κ2) is 10.7. The minimum atomic E-state index is -1.18. The number of carbonyl (C=O) groups is 3. The largest absolute Gasteiger partial charge is 0.481 e. The van der Waals surface area contributed by atoms with Crippen molar-refractivity contribution in [3.05, 3.63) is 59.7 Å². The van der Waals surface area contributed by atoms with Gasteiger partial charge >= 0.3 is 12.1 Å². The predicted molar refractivity (Wildman–Crippen MR) is 128 cm³/mol. The van der Waals surface area contributed by atoms with Crippen molar-refractivity contribution in [2.45, 2.75) is 63.5 Å². The molecule has 2 aliphatic rings. The summed E-state index contributed by atoms with van der Waals surface area (Å²) in [7, 11) is 0. The van der Waals surface area contributed by atoms with Gasteiger partial charge < -0.3 is 20.5 Å². The van der Waals surface area contributed by atoms with E-state index in [9.17, 15) is 19.5 Å². The second-order valence-corrected chi connectivity index (χ2v) is 9.25. The minimum absolute atomic E-state index is 0.0101. The molecule has 0 bridgehead atoms. The molecule has 1 fully saturated rings. The topological polar surface area (TPSA) is 105 Å². The Morgan fingerprint density at radius 3 is 2.12 bits per heavy atom. The molecule has 7 heteroatoms. The third-order valence-corrected chi connectivity index (χ3v) is 7.10. The number of rotatable bonds is 8. The second-order valence-electron chi connectivity index (χ2n) is 9.25. The highest BCUT2D eigenvalue weighted by molar-refractivity contribution is 5.89. The molecule has 0 heterocycles. The average Bonchev–Trinajstić information content (AvgIpc) is 3.16. The molecule has 180 valence electrons. The maximum absolute atomic E-state index is 12.8. The van der Waals surface area contributed by atoms with Gasteiger partial charge in [0.2, 0.25) is 5.91 Å². The Morgan fingerprint density at radius 2 is 1.56 bits per heavy atom. The number of hydrogen-bond acceptors (Lipinski definition) is 4. The minimum Gasteiger partial charge on any atom is -0.481 e. The predicted octanol–water partition coefficient (Wildman–Crippen LogP) is 4.45. The van der Waals surface area contributed by atoms with Gasteiger partial charge in [0, 0.05) is 12.0 Å². The van der Waals surface area contributed by atoms with Crippen molar-refractivity contribution in [1.82, 2.24) is 10.6 Å². The molecule has 0 radical (unpaired) electrons. The monoisotopic (exact) mass is 464 g/mol. The molecule has 0 spiro atoms. The fraction of sp³-hybridized carbons (Fsp3) is 0.444. The molecular weight excluding hydrogens is 432 g/mol. The molecular formula is C27H32N2O5. The fourth-order valence-corrected chi connectivity index (χ4v) is 5.18. The van der Waals surface area contributed by atoms with E-state index < -0.39 is 30.4 Å². The maximum Gasteiger partial charge on any atom is 0.407 e. The van der Waals surface area contributed by atoms with Gasteiger partial charge in [-0.1, -0.05) is 61.9 Å². The summed E-state index contributed by atoms with van der Waals surface area (Å²) in [5.74, 6) is -1.06. The smallest absolute Gasteiger partial charge is 0.407 e. The van der Waals surface area contributed by atoms with Crippen LogP contribution in [0.25, 0.3) is 11.1 Å². The Bertz CT molecular complexity index is 999. The van der Waals surface area contributed by atoms with Crippen LogP contribution in [0.4, 0.5) is 4.79 Å². The van der Waals surface area contributed by atoms with Crippen LogP contribution in [0.15, 0.2) is 48.5 Å². The summed E-state index contributed by atoms with van der Waals surface area (Å²) in [5.41, 5.74) is 4.40. The van der Waals surface area contributed by atoms with Crippen molar-refractivity contribution in [2.75, 3.05) is 6.61 Å². The third-order valence-electron chi connectivity index (χ3n) is 7.10. The highest BCUT2D eigenvalue weighted by Crippen LogP contribution is 2.44. The zero-order valence-corrected chi connectivity index (χ0v) is 19.5. The lowest BCUT2D eigenvalue weighted by atomic mass is 9.84. The van der Waals surface area contributed by atoms with Crippen molar-refractivity contribution >= 4 is 18.0 Å². The summed E-state index contributed by atoms with van der Waals surface area (Å²) in [6.45, 7) is 2.27. The Labute approximate surface area is 199 Å². The van der Waals surface area contributed by atoms with Gasteiger partial charge in [0.25, 0.3) is 0 Å². The number of benzene rings is 2. The van der Waals surface area contributed by atoms with Crippen LogP contribution in [0.5, 0.6) is 0 Å². The molecule has 1 saturated carbocycles. The molecule has 3 N–H and O–H groups in total. The molecule has 34 heavy (non-hydrogen) atoms. The van der Waals surface area contributed by atoms with Crippen LogP contribution in [-0.4, -0.2) is 41.8 Å². The number of amides is 2. The highest BCUT2D eigenvalue weighted by Gasteiger charge is 2.31. The maximum atomic E-state index is 12.8. The van der Waals surface area contributed by atoms with E-state index in [1.807, 2.05) is 36.4 Å². The molecule has 7 nitrogen and oxygen atoms in total. The van der Waals surface area contributed by atoms with Gasteiger partial charge in [-0.3, -0.25) is 9.59 Å². The summed E-state index contributed by atoms with van der Waals surface area (Å²) in [5, 5.41) is 14.7. The first-order chi connectivity index (χ1) is 16.5. The molecule has 4 rings (SSSR count). The summed E-state index contributed by atoms with van der Waals surface area (Å²) < 4.78 is 5.50. The Morgan fingerprint density at radius 1 is 0.971 bits per heavy atom. The third kappa shape index (κ3) is 5.41. The van der Waals surface area contributed by atoms with Gasteiger partial charge in [0.15, 0.2) is 0 Å². The summed E-state index contributed by atoms with van der Waals surface area (Å²) in [4.78, 5) is 36.7. The van der Waals surface area contributed by atoms with Crippen LogP contribution in [0.1, 0.15) is 62.5 Å². The standard InChI is InChI=1S/C27H32N2O5/c1-2-17-11-13-18(14-12-17)28-26(32)24(15-25(30)31)29-27(33)34-16-23-21-9-5-3-7-19(21)20-8-4-6-10-22(20)23/h3-10,17-18,23-24H,2,11-16H2,1H3,(H,28,32)(H,29,33)(H,30,31). The van der Waals surface area contributed by atoms with E-state index in [1.165, 1.54) is 0 Å². The first-order valence-electron chi connectivity index (χ1n) is 12.1. The lowest BCUT2D eigenvalue weighted by molar-refractivity contribution is -0.140. The van der Waals surface area contributed by atoms with Crippen molar-refractivity contribution < 1.29 is 24.2 Å². The van der Waals surface area contributed by atoms with Crippen LogP contribution in [0.3, 0.4) is 0 Å². The average molecular weight is 465 g/mol. The number of ether oxygens (including phenoxy) is 1. The van der Waals surface area contributed by atoms with Crippen molar-refractivity contribution in [3.8, 4) is 11.1 Å². The SMILES string of the molecule is CCC1CCC(NC(=O)C(CC(=O)O)NC(=O)OCC2c3ccccc3-c3ccccc32)CC1. The summed E-state index contributed by atoms with van der Waals surface area (Å²) >= 11 is 0. The van der Waals surface area contributed by atoms with E-state index >= 15 is 0 Å². The van der Waals surface area contributed by atoms with Gasteiger partial charge in [0.1, 0.15) is 12.6 Å². The van der Waals surface area contributed by atoms with Gasteiger partial charge in [-0.05, 0) is 53.9 Å². The number of fused-ring (bicyclic) bond motifs is 3. The van der Waals surface area contributed by atoms with Crippen LogP contribution in [-0.2, 0) is 14.3 Å². The molecule has 1 unspecified atom stereocenters. The van der Waals surface area contributed by atoms with Gasteiger partial charge in [0.05, 0.1) is 6.42 Å². The van der Waals surface area contributed by atoms with Crippen molar-refractivity contribution in [1.29, 1.82) is 0 Å². The Kier molecular flexibility index (Phi) is 7.50. The van der Waals surface area contributed by atoms with E-state index in [4.69, 9.17) is 4.74 Å². The van der Waals surface area contributed by atoms with E-state index in [2.05, 4.69) is 29.7 Å². The number of nitrogens with one attached hydrogen (secondary N) is 2. The van der Waals surface area contributed by atoms with Gasteiger partial charge in [-0.15, -0.1) is 0 Å². The number of carboxylic acids is 1. The molecule has 2 aliphatic carbocycles. The van der Waals surface area contributed by atoms with E-state index in [-0.39, 0.29) is 18.6 Å². The number of alkyl carbamates (subject to hydrolysis) is 1. The molecule has 2 aromatic rings. The first-order valence-corrected chi connectivity index (χ1v) is 12.1. The van der Waals surface area contributed by atoms with Crippen LogP contribution >= 0.6 is 0 Å². The molecule has 1 atom stereocenters. The van der Waals surface area contributed by atoms with Crippen molar-refractivity contribution in [3.63, 3.8) is 0 Å². The molecule has 0 aromatic heterocycles. The molecule has 2 amide bonds. The number of carbonyl (C=O) groups excluding carboxylic acids is 2. The highest BCUT2D eigenvalue weighted by atomic mass is 16.5. The number of carboxylic acid groups (broad SMARTS) is 1.